The summed E-state index contributed by atoms with van der Waals surface area (Å²) in [6.07, 6.45) is 6.27. The summed E-state index contributed by atoms with van der Waals surface area (Å²) in [7, 11) is 0. The molecule has 2 N–H and O–H groups in total. The Morgan fingerprint density at radius 1 is 1.47 bits per heavy atom. The fourth-order valence-corrected chi connectivity index (χ4v) is 2.70. The van der Waals surface area contributed by atoms with Crippen LogP contribution in [0.25, 0.3) is 0 Å². The van der Waals surface area contributed by atoms with Gasteiger partial charge in [-0.3, -0.25) is 0 Å². The Labute approximate surface area is 99.2 Å². The Morgan fingerprint density at radius 2 is 2.20 bits per heavy atom. The minimum atomic E-state index is 0.526. The average Bonchev–Trinajstić information content (AvgIpc) is 2.41. The van der Waals surface area contributed by atoms with Gasteiger partial charge in [-0.05, 0) is 45.2 Å². The van der Waals surface area contributed by atoms with E-state index in [1.807, 2.05) is 0 Å². The zero-order valence-corrected chi connectivity index (χ0v) is 10.9. The first-order valence-electron chi connectivity index (χ1n) is 6.15. The molecule has 0 radical (unpaired) electrons. The van der Waals surface area contributed by atoms with Crippen LogP contribution in [0.15, 0.2) is 0 Å². The van der Waals surface area contributed by atoms with Crippen LogP contribution in [0.4, 0.5) is 0 Å². The molecule has 88 valence electrons. The fourth-order valence-electron chi connectivity index (χ4n) is 2.46. The molecule has 1 aliphatic heterocycles. The standard InChI is InChI=1S/C12H24N2S/c1-3-11-5-4-7-14(8-6-11)10(2)9-12(13)15/h10-11H,3-9H2,1-2H3,(H2,13,15). The molecule has 0 aromatic heterocycles. The summed E-state index contributed by atoms with van der Waals surface area (Å²) in [5.41, 5.74) is 5.60. The highest BCUT2D eigenvalue weighted by molar-refractivity contribution is 7.80. The molecule has 0 spiro atoms. The molecule has 1 rings (SSSR count). The Morgan fingerprint density at radius 3 is 2.80 bits per heavy atom. The molecule has 15 heavy (non-hydrogen) atoms. The van der Waals surface area contributed by atoms with E-state index in [4.69, 9.17) is 18.0 Å². The quantitative estimate of drug-likeness (QED) is 0.750. The normalized spacial score (nSPS) is 25.9. The van der Waals surface area contributed by atoms with Crippen LogP contribution in [0.5, 0.6) is 0 Å². The van der Waals surface area contributed by atoms with Gasteiger partial charge in [0.05, 0.1) is 4.99 Å². The highest BCUT2D eigenvalue weighted by Gasteiger charge is 2.19. The summed E-state index contributed by atoms with van der Waals surface area (Å²) in [5, 5.41) is 0. The number of hydrogen-bond acceptors (Lipinski definition) is 2. The first kappa shape index (κ1) is 12.9. The van der Waals surface area contributed by atoms with Gasteiger partial charge in [-0.25, -0.2) is 0 Å². The van der Waals surface area contributed by atoms with Crippen LogP contribution < -0.4 is 5.73 Å². The van der Waals surface area contributed by atoms with E-state index in [2.05, 4.69) is 18.7 Å². The van der Waals surface area contributed by atoms with Gasteiger partial charge in [-0.1, -0.05) is 25.6 Å². The monoisotopic (exact) mass is 228 g/mol. The van der Waals surface area contributed by atoms with Crippen molar-refractivity contribution < 1.29 is 0 Å². The van der Waals surface area contributed by atoms with Gasteiger partial charge in [0, 0.05) is 12.5 Å². The van der Waals surface area contributed by atoms with E-state index in [-0.39, 0.29) is 0 Å². The first-order valence-corrected chi connectivity index (χ1v) is 6.56. The van der Waals surface area contributed by atoms with Crippen molar-refractivity contribution in [2.24, 2.45) is 11.7 Å². The van der Waals surface area contributed by atoms with Crippen molar-refractivity contribution in [3.63, 3.8) is 0 Å². The molecular weight excluding hydrogens is 204 g/mol. The third kappa shape index (κ3) is 4.47. The van der Waals surface area contributed by atoms with Crippen molar-refractivity contribution in [3.05, 3.63) is 0 Å². The van der Waals surface area contributed by atoms with Gasteiger partial charge in [0.2, 0.25) is 0 Å². The number of rotatable bonds is 4. The lowest BCUT2D eigenvalue weighted by Gasteiger charge is -2.27. The fraction of sp³-hybridized carbons (Fsp3) is 0.917. The molecular formula is C12H24N2S. The van der Waals surface area contributed by atoms with E-state index >= 15 is 0 Å². The van der Waals surface area contributed by atoms with E-state index in [1.54, 1.807) is 0 Å². The van der Waals surface area contributed by atoms with Crippen molar-refractivity contribution in [2.45, 2.75) is 52.0 Å². The van der Waals surface area contributed by atoms with Gasteiger partial charge >= 0.3 is 0 Å². The van der Waals surface area contributed by atoms with E-state index in [9.17, 15) is 0 Å². The summed E-state index contributed by atoms with van der Waals surface area (Å²) in [4.78, 5) is 3.20. The maximum absolute atomic E-state index is 5.60. The summed E-state index contributed by atoms with van der Waals surface area (Å²) < 4.78 is 0. The summed E-state index contributed by atoms with van der Waals surface area (Å²) in [5.74, 6) is 0.937. The first-order chi connectivity index (χ1) is 7.13. The maximum Gasteiger partial charge on any atom is 0.0742 e. The molecule has 1 saturated heterocycles. The van der Waals surface area contributed by atoms with Crippen LogP contribution in [-0.2, 0) is 0 Å². The third-order valence-electron chi connectivity index (χ3n) is 3.58. The molecule has 0 aromatic carbocycles. The number of hydrogen-bond donors (Lipinski definition) is 1. The number of thiocarbonyl (C=S) groups is 1. The minimum Gasteiger partial charge on any atom is -0.393 e. The second kappa shape index (κ2) is 6.44. The zero-order chi connectivity index (χ0) is 11.3. The molecule has 0 saturated carbocycles. The summed E-state index contributed by atoms with van der Waals surface area (Å²) in [6.45, 7) is 6.99. The number of likely N-dealkylation sites (tertiary alicyclic amines) is 1. The second-order valence-electron chi connectivity index (χ2n) is 4.76. The van der Waals surface area contributed by atoms with E-state index in [1.165, 1.54) is 38.8 Å². The molecule has 1 fully saturated rings. The highest BCUT2D eigenvalue weighted by Crippen LogP contribution is 2.21. The average molecular weight is 228 g/mol. The molecule has 0 aliphatic carbocycles. The number of nitrogens with zero attached hydrogens (tertiary/aromatic N) is 1. The molecule has 1 aliphatic rings. The zero-order valence-electron chi connectivity index (χ0n) is 10.0. The van der Waals surface area contributed by atoms with Gasteiger partial charge in [-0.2, -0.15) is 0 Å². The van der Waals surface area contributed by atoms with Gasteiger partial charge in [0.1, 0.15) is 0 Å². The Kier molecular flexibility index (Phi) is 5.54. The minimum absolute atomic E-state index is 0.526. The lowest BCUT2D eigenvalue weighted by atomic mass is 9.98. The Bertz CT molecular complexity index is 206. The van der Waals surface area contributed by atoms with Crippen LogP contribution in [-0.4, -0.2) is 29.0 Å². The van der Waals surface area contributed by atoms with Gasteiger partial charge in [-0.15, -0.1) is 0 Å². The highest BCUT2D eigenvalue weighted by atomic mass is 32.1. The van der Waals surface area contributed by atoms with Crippen molar-refractivity contribution >= 4 is 17.2 Å². The molecule has 0 aromatic rings. The maximum atomic E-state index is 5.60. The summed E-state index contributed by atoms with van der Waals surface area (Å²) >= 11 is 4.97. The molecule has 3 heteroatoms. The number of nitrogens with two attached hydrogens (primary N) is 1. The van der Waals surface area contributed by atoms with Crippen LogP contribution in [0, 0.1) is 5.92 Å². The van der Waals surface area contributed by atoms with Crippen molar-refractivity contribution in [1.82, 2.24) is 4.90 Å². The van der Waals surface area contributed by atoms with Crippen molar-refractivity contribution in [1.29, 1.82) is 0 Å². The topological polar surface area (TPSA) is 29.3 Å². The van der Waals surface area contributed by atoms with E-state index in [0.29, 0.717) is 11.0 Å². The lowest BCUT2D eigenvalue weighted by Crippen LogP contribution is -2.36. The van der Waals surface area contributed by atoms with Gasteiger partial charge in [0.15, 0.2) is 0 Å². The Balaban J connectivity index is 2.39. The summed E-state index contributed by atoms with van der Waals surface area (Å²) in [6, 6.07) is 0.526. The molecule has 0 amide bonds. The SMILES string of the molecule is CCC1CCCN(C(C)CC(N)=S)CC1. The van der Waals surface area contributed by atoms with Crippen LogP contribution in [0.2, 0.25) is 0 Å². The Hall–Kier alpha value is -0.150. The molecule has 2 atom stereocenters. The molecule has 2 nitrogen and oxygen atoms in total. The van der Waals surface area contributed by atoms with E-state index in [0.717, 1.165) is 12.3 Å². The third-order valence-corrected chi connectivity index (χ3v) is 3.75. The lowest BCUT2D eigenvalue weighted by molar-refractivity contribution is 0.218. The van der Waals surface area contributed by atoms with Gasteiger partial charge in [0.25, 0.3) is 0 Å². The second-order valence-corrected chi connectivity index (χ2v) is 5.28. The van der Waals surface area contributed by atoms with Crippen LogP contribution in [0.3, 0.4) is 0 Å². The van der Waals surface area contributed by atoms with Crippen LogP contribution in [0.1, 0.15) is 46.0 Å². The largest absolute Gasteiger partial charge is 0.393 e. The van der Waals surface area contributed by atoms with Gasteiger partial charge < -0.3 is 10.6 Å². The predicted molar refractivity (Wildman–Crippen MR) is 70.1 cm³/mol. The molecule has 1 heterocycles. The van der Waals surface area contributed by atoms with Crippen molar-refractivity contribution in [3.8, 4) is 0 Å². The predicted octanol–water partition coefficient (Wildman–Crippen LogP) is 2.56. The molecule has 0 bridgehead atoms. The van der Waals surface area contributed by atoms with Crippen LogP contribution >= 0.6 is 12.2 Å². The molecule has 2 unspecified atom stereocenters. The smallest absolute Gasteiger partial charge is 0.0742 e. The van der Waals surface area contributed by atoms with E-state index < -0.39 is 0 Å². The van der Waals surface area contributed by atoms with Crippen molar-refractivity contribution in [2.75, 3.05) is 13.1 Å².